The van der Waals surface area contributed by atoms with Gasteiger partial charge in [-0.1, -0.05) is 24.6 Å². The zero-order valence-electron chi connectivity index (χ0n) is 14.0. The maximum Gasteiger partial charge on any atom is 0.0543 e. The lowest BCUT2D eigenvalue weighted by Crippen LogP contribution is -2.32. The predicted molar refractivity (Wildman–Crippen MR) is 87.5 cm³/mol. The molecular weight excluding hydrogens is 246 g/mol. The van der Waals surface area contributed by atoms with Gasteiger partial charge in [0.05, 0.1) is 6.10 Å². The van der Waals surface area contributed by atoms with E-state index in [1.807, 2.05) is 0 Å². The van der Waals surface area contributed by atoms with Gasteiger partial charge in [0.15, 0.2) is 0 Å². The summed E-state index contributed by atoms with van der Waals surface area (Å²) in [6.45, 7) is 12.0. The van der Waals surface area contributed by atoms with Crippen molar-refractivity contribution < 1.29 is 4.74 Å². The molecule has 2 atom stereocenters. The van der Waals surface area contributed by atoms with Crippen molar-refractivity contribution in [2.45, 2.75) is 66.0 Å². The molecule has 1 aromatic rings. The van der Waals surface area contributed by atoms with Crippen LogP contribution in [0.2, 0.25) is 0 Å². The van der Waals surface area contributed by atoms with Crippen molar-refractivity contribution in [3.63, 3.8) is 0 Å². The van der Waals surface area contributed by atoms with Crippen LogP contribution < -0.4 is 5.32 Å². The standard InChI is InChI=1S/C18H31NO/c1-7-19-17(9-8-16(5)20-6)12-18-14(3)10-13(2)11-15(18)4/h10-11,16-17,19H,7-9,12H2,1-6H3. The fourth-order valence-corrected chi connectivity index (χ4v) is 2.90. The van der Waals surface area contributed by atoms with Crippen molar-refractivity contribution in [3.05, 3.63) is 34.4 Å². The number of rotatable bonds is 8. The second-order valence-corrected chi connectivity index (χ2v) is 5.96. The molecule has 1 N–H and O–H groups in total. The molecule has 0 spiro atoms. The Bertz CT molecular complexity index is 391. The average molecular weight is 277 g/mol. The summed E-state index contributed by atoms with van der Waals surface area (Å²) in [5, 5.41) is 3.62. The lowest BCUT2D eigenvalue weighted by molar-refractivity contribution is 0.106. The molecule has 2 unspecified atom stereocenters. The number of hydrogen-bond acceptors (Lipinski definition) is 2. The molecule has 0 saturated carbocycles. The number of ether oxygens (including phenoxy) is 1. The minimum Gasteiger partial charge on any atom is -0.382 e. The molecule has 0 saturated heterocycles. The lowest BCUT2D eigenvalue weighted by atomic mass is 9.92. The molecule has 2 nitrogen and oxygen atoms in total. The molecule has 0 aromatic heterocycles. The topological polar surface area (TPSA) is 21.3 Å². The minimum atomic E-state index is 0.344. The average Bonchev–Trinajstić information content (AvgIpc) is 2.39. The Labute approximate surface area is 124 Å². The van der Waals surface area contributed by atoms with E-state index in [1.54, 1.807) is 7.11 Å². The Morgan fingerprint density at radius 2 is 1.70 bits per heavy atom. The molecule has 1 rings (SSSR count). The third-order valence-electron chi connectivity index (χ3n) is 4.11. The van der Waals surface area contributed by atoms with Crippen molar-refractivity contribution >= 4 is 0 Å². The summed E-state index contributed by atoms with van der Waals surface area (Å²) in [6, 6.07) is 5.13. The maximum absolute atomic E-state index is 5.36. The molecule has 0 aliphatic carbocycles. The number of aryl methyl sites for hydroxylation is 3. The van der Waals surface area contributed by atoms with Crippen LogP contribution in [0.5, 0.6) is 0 Å². The highest BCUT2D eigenvalue weighted by molar-refractivity contribution is 5.38. The van der Waals surface area contributed by atoms with Crippen molar-refractivity contribution in [1.29, 1.82) is 0 Å². The quantitative estimate of drug-likeness (QED) is 0.777. The highest BCUT2D eigenvalue weighted by Gasteiger charge is 2.13. The molecule has 1 aromatic carbocycles. The normalized spacial score (nSPS) is 14.3. The Kier molecular flexibility index (Phi) is 7.25. The summed E-state index contributed by atoms with van der Waals surface area (Å²) >= 11 is 0. The van der Waals surface area contributed by atoms with Gasteiger partial charge in [0.1, 0.15) is 0 Å². The summed E-state index contributed by atoms with van der Waals surface area (Å²) in [6.07, 6.45) is 3.73. The van der Waals surface area contributed by atoms with Crippen molar-refractivity contribution in [2.75, 3.05) is 13.7 Å². The smallest absolute Gasteiger partial charge is 0.0543 e. The summed E-state index contributed by atoms with van der Waals surface area (Å²) < 4.78 is 5.36. The summed E-state index contributed by atoms with van der Waals surface area (Å²) in [5.74, 6) is 0. The van der Waals surface area contributed by atoms with Crippen LogP contribution in [0, 0.1) is 20.8 Å². The first-order chi connectivity index (χ1) is 9.47. The van der Waals surface area contributed by atoms with Gasteiger partial charge in [-0.05, 0) is 70.2 Å². The van der Waals surface area contributed by atoms with Crippen LogP contribution in [-0.4, -0.2) is 25.8 Å². The molecule has 0 bridgehead atoms. The first kappa shape index (κ1) is 17.2. The predicted octanol–water partition coefficient (Wildman–Crippen LogP) is 3.95. The zero-order chi connectivity index (χ0) is 15.1. The van der Waals surface area contributed by atoms with Gasteiger partial charge < -0.3 is 10.1 Å². The van der Waals surface area contributed by atoms with E-state index in [4.69, 9.17) is 4.74 Å². The van der Waals surface area contributed by atoms with E-state index in [9.17, 15) is 0 Å². The number of nitrogens with one attached hydrogen (secondary N) is 1. The molecular formula is C18H31NO. The number of benzene rings is 1. The first-order valence-electron chi connectivity index (χ1n) is 7.80. The van der Waals surface area contributed by atoms with Crippen LogP contribution in [0.3, 0.4) is 0 Å². The molecule has 0 aliphatic rings. The van der Waals surface area contributed by atoms with Crippen molar-refractivity contribution in [2.24, 2.45) is 0 Å². The number of likely N-dealkylation sites (N-methyl/N-ethyl adjacent to an activating group) is 1. The van der Waals surface area contributed by atoms with Crippen LogP contribution in [0.15, 0.2) is 12.1 Å². The van der Waals surface area contributed by atoms with E-state index in [0.717, 1.165) is 25.8 Å². The monoisotopic (exact) mass is 277 g/mol. The molecule has 0 amide bonds. The largest absolute Gasteiger partial charge is 0.382 e. The molecule has 20 heavy (non-hydrogen) atoms. The summed E-state index contributed by atoms with van der Waals surface area (Å²) in [5.41, 5.74) is 5.71. The van der Waals surface area contributed by atoms with E-state index in [1.165, 1.54) is 22.3 Å². The Hall–Kier alpha value is -0.860. The Morgan fingerprint density at radius 3 is 2.20 bits per heavy atom. The van der Waals surface area contributed by atoms with Gasteiger partial charge in [-0.25, -0.2) is 0 Å². The van der Waals surface area contributed by atoms with Crippen LogP contribution in [0.4, 0.5) is 0 Å². The molecule has 0 aliphatic heterocycles. The van der Waals surface area contributed by atoms with E-state index in [2.05, 4.69) is 52.1 Å². The fourth-order valence-electron chi connectivity index (χ4n) is 2.90. The zero-order valence-corrected chi connectivity index (χ0v) is 14.0. The van der Waals surface area contributed by atoms with Gasteiger partial charge in [-0.15, -0.1) is 0 Å². The van der Waals surface area contributed by atoms with E-state index < -0.39 is 0 Å². The van der Waals surface area contributed by atoms with Gasteiger partial charge in [-0.2, -0.15) is 0 Å². The summed E-state index contributed by atoms with van der Waals surface area (Å²) in [7, 11) is 1.79. The van der Waals surface area contributed by atoms with Gasteiger partial charge in [0.25, 0.3) is 0 Å². The van der Waals surface area contributed by atoms with E-state index in [-0.39, 0.29) is 0 Å². The van der Waals surface area contributed by atoms with E-state index >= 15 is 0 Å². The summed E-state index contributed by atoms with van der Waals surface area (Å²) in [4.78, 5) is 0. The Balaban J connectivity index is 2.75. The molecule has 114 valence electrons. The van der Waals surface area contributed by atoms with Crippen LogP contribution in [-0.2, 0) is 11.2 Å². The van der Waals surface area contributed by atoms with Gasteiger partial charge in [-0.3, -0.25) is 0 Å². The Morgan fingerprint density at radius 1 is 1.10 bits per heavy atom. The first-order valence-corrected chi connectivity index (χ1v) is 7.80. The third kappa shape index (κ3) is 5.26. The second kappa shape index (κ2) is 8.43. The van der Waals surface area contributed by atoms with Crippen molar-refractivity contribution in [1.82, 2.24) is 5.32 Å². The van der Waals surface area contributed by atoms with Gasteiger partial charge in [0.2, 0.25) is 0 Å². The molecule has 2 heteroatoms. The SMILES string of the molecule is CCNC(CCC(C)OC)Cc1c(C)cc(C)cc1C. The second-order valence-electron chi connectivity index (χ2n) is 5.96. The van der Waals surface area contributed by atoms with Gasteiger partial charge in [0, 0.05) is 13.2 Å². The fraction of sp³-hybridized carbons (Fsp3) is 0.667. The lowest BCUT2D eigenvalue weighted by Gasteiger charge is -2.22. The number of methoxy groups -OCH3 is 1. The minimum absolute atomic E-state index is 0.344. The molecule has 0 radical (unpaired) electrons. The van der Waals surface area contributed by atoms with Gasteiger partial charge >= 0.3 is 0 Å². The maximum atomic E-state index is 5.36. The van der Waals surface area contributed by atoms with Crippen molar-refractivity contribution in [3.8, 4) is 0 Å². The van der Waals surface area contributed by atoms with Crippen LogP contribution in [0.1, 0.15) is 48.9 Å². The van der Waals surface area contributed by atoms with Crippen LogP contribution in [0.25, 0.3) is 0 Å². The highest BCUT2D eigenvalue weighted by Crippen LogP contribution is 2.20. The highest BCUT2D eigenvalue weighted by atomic mass is 16.5. The van der Waals surface area contributed by atoms with Crippen LogP contribution >= 0.6 is 0 Å². The third-order valence-corrected chi connectivity index (χ3v) is 4.11. The van der Waals surface area contributed by atoms with E-state index in [0.29, 0.717) is 12.1 Å². The number of hydrogen-bond donors (Lipinski definition) is 1. The molecule has 0 heterocycles. The molecule has 0 fully saturated rings.